The molecule has 27 heavy (non-hydrogen) atoms. The number of anilines is 1. The maximum absolute atomic E-state index is 12.6. The van der Waals surface area contributed by atoms with Crippen molar-refractivity contribution in [2.75, 3.05) is 5.32 Å². The van der Waals surface area contributed by atoms with Crippen LogP contribution in [0.1, 0.15) is 15.9 Å². The number of benzene rings is 3. The molecule has 0 aliphatic carbocycles. The lowest BCUT2D eigenvalue weighted by atomic mass is 10.1. The standard InChI is InChI=1S/C21H14ClIN2O2/c1-12-6-9-19-18(10-12)25-21(27-19)13-7-8-15(22)17(11-13)24-20(26)14-4-2-3-5-16(14)23/h2-11H,1H3,(H,24,26). The van der Waals surface area contributed by atoms with E-state index in [0.717, 1.165) is 25.8 Å². The molecule has 4 aromatic rings. The monoisotopic (exact) mass is 488 g/mol. The van der Waals surface area contributed by atoms with Gasteiger partial charge >= 0.3 is 0 Å². The molecule has 0 saturated heterocycles. The highest BCUT2D eigenvalue weighted by Crippen LogP contribution is 2.31. The quantitative estimate of drug-likeness (QED) is 0.344. The molecule has 6 heteroatoms. The van der Waals surface area contributed by atoms with Gasteiger partial charge in [-0.25, -0.2) is 4.98 Å². The van der Waals surface area contributed by atoms with E-state index >= 15 is 0 Å². The number of halogens is 2. The highest BCUT2D eigenvalue weighted by atomic mass is 127. The molecule has 0 fully saturated rings. The van der Waals surface area contributed by atoms with Crippen molar-refractivity contribution >= 4 is 56.9 Å². The van der Waals surface area contributed by atoms with Crippen LogP contribution in [0.2, 0.25) is 5.02 Å². The van der Waals surface area contributed by atoms with Crippen molar-refractivity contribution in [1.29, 1.82) is 0 Å². The lowest BCUT2D eigenvalue weighted by molar-refractivity contribution is 0.102. The third kappa shape index (κ3) is 3.70. The Bertz CT molecular complexity index is 1170. The van der Waals surface area contributed by atoms with Gasteiger partial charge in [0.25, 0.3) is 5.91 Å². The molecule has 1 amide bonds. The number of rotatable bonds is 3. The number of fused-ring (bicyclic) bond motifs is 1. The highest BCUT2D eigenvalue weighted by Gasteiger charge is 2.14. The molecule has 0 spiro atoms. The van der Waals surface area contributed by atoms with Crippen molar-refractivity contribution in [3.05, 3.63) is 80.4 Å². The summed E-state index contributed by atoms with van der Waals surface area (Å²) in [5.74, 6) is 0.268. The van der Waals surface area contributed by atoms with Gasteiger partial charge < -0.3 is 9.73 Å². The number of hydrogen-bond acceptors (Lipinski definition) is 3. The first-order valence-electron chi connectivity index (χ1n) is 8.24. The molecular formula is C21H14ClIN2O2. The maximum Gasteiger partial charge on any atom is 0.256 e. The summed E-state index contributed by atoms with van der Waals surface area (Å²) in [4.78, 5) is 17.1. The average molecular weight is 489 g/mol. The van der Waals surface area contributed by atoms with Crippen LogP contribution in [-0.2, 0) is 0 Å². The molecule has 4 rings (SSSR count). The minimum atomic E-state index is -0.216. The van der Waals surface area contributed by atoms with E-state index in [2.05, 4.69) is 32.9 Å². The second-order valence-electron chi connectivity index (χ2n) is 6.12. The topological polar surface area (TPSA) is 55.1 Å². The first-order valence-corrected chi connectivity index (χ1v) is 9.70. The van der Waals surface area contributed by atoms with E-state index in [1.54, 1.807) is 18.2 Å². The van der Waals surface area contributed by atoms with Gasteiger partial charge in [-0.15, -0.1) is 0 Å². The summed E-state index contributed by atoms with van der Waals surface area (Å²) in [5.41, 5.74) is 4.48. The molecule has 0 unspecified atom stereocenters. The van der Waals surface area contributed by atoms with Gasteiger partial charge in [-0.1, -0.05) is 29.8 Å². The largest absolute Gasteiger partial charge is 0.436 e. The Kier molecular flexibility index (Phi) is 4.88. The number of nitrogens with one attached hydrogen (secondary N) is 1. The zero-order valence-corrected chi connectivity index (χ0v) is 17.2. The smallest absolute Gasteiger partial charge is 0.256 e. The number of aromatic nitrogens is 1. The number of oxazole rings is 1. The van der Waals surface area contributed by atoms with E-state index in [1.165, 1.54) is 0 Å². The summed E-state index contributed by atoms with van der Waals surface area (Å²) in [6, 6.07) is 18.5. The van der Waals surface area contributed by atoms with Crippen LogP contribution in [0.5, 0.6) is 0 Å². The van der Waals surface area contributed by atoms with Crippen LogP contribution >= 0.6 is 34.2 Å². The molecule has 0 atom stereocenters. The Morgan fingerprint density at radius 3 is 2.74 bits per heavy atom. The summed E-state index contributed by atoms with van der Waals surface area (Å²) in [5, 5.41) is 3.32. The van der Waals surface area contributed by atoms with Gasteiger partial charge in [0.05, 0.1) is 16.3 Å². The molecule has 0 bridgehead atoms. The summed E-state index contributed by atoms with van der Waals surface area (Å²) in [7, 11) is 0. The van der Waals surface area contributed by atoms with Gasteiger partial charge in [-0.3, -0.25) is 4.79 Å². The Morgan fingerprint density at radius 2 is 1.93 bits per heavy atom. The van der Waals surface area contributed by atoms with Crippen molar-refractivity contribution in [2.24, 2.45) is 0 Å². The van der Waals surface area contributed by atoms with Crippen LogP contribution in [0.4, 0.5) is 5.69 Å². The van der Waals surface area contributed by atoms with E-state index in [9.17, 15) is 4.79 Å². The third-order valence-electron chi connectivity index (χ3n) is 4.12. The number of carbonyl (C=O) groups excluding carboxylic acids is 1. The van der Waals surface area contributed by atoms with Crippen molar-refractivity contribution in [2.45, 2.75) is 6.92 Å². The van der Waals surface area contributed by atoms with E-state index in [0.29, 0.717) is 22.2 Å². The summed E-state index contributed by atoms with van der Waals surface area (Å²) < 4.78 is 6.71. The van der Waals surface area contributed by atoms with Crippen LogP contribution in [0.25, 0.3) is 22.6 Å². The number of carbonyl (C=O) groups is 1. The minimum Gasteiger partial charge on any atom is -0.436 e. The second-order valence-corrected chi connectivity index (χ2v) is 7.69. The first-order chi connectivity index (χ1) is 13.0. The predicted molar refractivity (Wildman–Crippen MR) is 116 cm³/mol. The Balaban J connectivity index is 1.68. The predicted octanol–water partition coefficient (Wildman–Crippen LogP) is 6.31. The molecule has 4 nitrogen and oxygen atoms in total. The molecule has 3 aromatic carbocycles. The fourth-order valence-electron chi connectivity index (χ4n) is 2.75. The fourth-order valence-corrected chi connectivity index (χ4v) is 3.55. The average Bonchev–Trinajstić information content (AvgIpc) is 3.07. The van der Waals surface area contributed by atoms with Crippen molar-refractivity contribution in [1.82, 2.24) is 4.98 Å². The summed E-state index contributed by atoms with van der Waals surface area (Å²) >= 11 is 8.42. The molecule has 0 aliphatic rings. The Morgan fingerprint density at radius 1 is 1.11 bits per heavy atom. The second kappa shape index (κ2) is 7.32. The molecular weight excluding hydrogens is 475 g/mol. The van der Waals surface area contributed by atoms with Gasteiger partial charge in [-0.2, -0.15) is 0 Å². The Labute approximate surface area is 174 Å². The minimum absolute atomic E-state index is 0.216. The lowest BCUT2D eigenvalue weighted by Gasteiger charge is -2.09. The normalized spacial score (nSPS) is 10.9. The first kappa shape index (κ1) is 18.0. The van der Waals surface area contributed by atoms with E-state index < -0.39 is 0 Å². The van der Waals surface area contributed by atoms with Gasteiger partial charge in [-0.05, 0) is 77.5 Å². The van der Waals surface area contributed by atoms with Crippen LogP contribution in [-0.4, -0.2) is 10.9 Å². The van der Waals surface area contributed by atoms with Gasteiger partial charge in [0.15, 0.2) is 5.58 Å². The van der Waals surface area contributed by atoms with Gasteiger partial charge in [0.1, 0.15) is 5.52 Å². The molecule has 0 aliphatic heterocycles. The van der Waals surface area contributed by atoms with E-state index in [4.69, 9.17) is 16.0 Å². The van der Waals surface area contributed by atoms with Crippen LogP contribution in [0.3, 0.4) is 0 Å². The Hall–Kier alpha value is -2.38. The van der Waals surface area contributed by atoms with E-state index in [1.807, 2.05) is 49.4 Å². The number of hydrogen-bond donors (Lipinski definition) is 1. The van der Waals surface area contributed by atoms with Gasteiger partial charge in [0.2, 0.25) is 5.89 Å². The van der Waals surface area contributed by atoms with Crippen molar-refractivity contribution in [3.8, 4) is 11.5 Å². The summed E-state index contributed by atoms with van der Waals surface area (Å²) in [6.07, 6.45) is 0. The molecule has 0 radical (unpaired) electrons. The fraction of sp³-hybridized carbons (Fsp3) is 0.0476. The third-order valence-corrected chi connectivity index (χ3v) is 5.39. The molecule has 1 aromatic heterocycles. The zero-order valence-electron chi connectivity index (χ0n) is 14.3. The lowest BCUT2D eigenvalue weighted by Crippen LogP contribution is -2.13. The molecule has 0 saturated carbocycles. The van der Waals surface area contributed by atoms with Gasteiger partial charge in [0, 0.05) is 9.13 Å². The number of nitrogens with zero attached hydrogens (tertiary/aromatic N) is 1. The van der Waals surface area contributed by atoms with Crippen LogP contribution < -0.4 is 5.32 Å². The number of aryl methyl sites for hydroxylation is 1. The van der Waals surface area contributed by atoms with Crippen molar-refractivity contribution in [3.63, 3.8) is 0 Å². The summed E-state index contributed by atoms with van der Waals surface area (Å²) in [6.45, 7) is 2.01. The maximum atomic E-state index is 12.6. The van der Waals surface area contributed by atoms with E-state index in [-0.39, 0.29) is 5.91 Å². The van der Waals surface area contributed by atoms with Crippen LogP contribution in [0, 0.1) is 10.5 Å². The SMILES string of the molecule is Cc1ccc2oc(-c3ccc(Cl)c(NC(=O)c4ccccc4I)c3)nc2c1. The molecule has 134 valence electrons. The zero-order chi connectivity index (χ0) is 19.0. The highest BCUT2D eigenvalue weighted by molar-refractivity contribution is 14.1. The van der Waals surface area contributed by atoms with Crippen molar-refractivity contribution < 1.29 is 9.21 Å². The molecule has 1 N–H and O–H groups in total. The molecule has 1 heterocycles. The number of amides is 1. The van der Waals surface area contributed by atoms with Crippen LogP contribution in [0.15, 0.2) is 65.1 Å².